The topological polar surface area (TPSA) is 252 Å². The van der Waals surface area contributed by atoms with Crippen molar-refractivity contribution in [3.8, 4) is 28.3 Å². The van der Waals surface area contributed by atoms with E-state index in [0.717, 1.165) is 89.9 Å². The number of pyridine rings is 1. The molecule has 8 N–H and O–H groups in total. The maximum Gasteiger partial charge on any atom is 0.315 e. The number of H-pyrrole nitrogens is 1. The highest BCUT2D eigenvalue weighted by Gasteiger charge is 2.42. The first-order valence-corrected chi connectivity index (χ1v) is 26.2. The third-order valence-corrected chi connectivity index (χ3v) is 14.3. The summed E-state index contributed by atoms with van der Waals surface area (Å²) in [5.74, 6) is 0.795. The Bertz CT molecular complexity index is 2340. The van der Waals surface area contributed by atoms with Gasteiger partial charge in [-0.2, -0.15) is 11.8 Å². The summed E-state index contributed by atoms with van der Waals surface area (Å²) < 4.78 is 22.8. The molecule has 0 spiro atoms. The summed E-state index contributed by atoms with van der Waals surface area (Å²) >= 11 is 1.90. The molecule has 3 aromatic rings. The van der Waals surface area contributed by atoms with E-state index in [9.17, 15) is 28.8 Å². The van der Waals surface area contributed by atoms with Crippen LogP contribution in [0.25, 0.3) is 22.5 Å². The van der Waals surface area contributed by atoms with Gasteiger partial charge in [0.05, 0.1) is 67.8 Å². The Morgan fingerprint density at radius 2 is 1.45 bits per heavy atom. The van der Waals surface area contributed by atoms with Crippen molar-refractivity contribution < 1.29 is 47.7 Å². The average molecular weight is 1000 g/mol. The molecule has 20 heteroatoms. The fourth-order valence-electron chi connectivity index (χ4n) is 9.13. The number of aryl methyl sites for hydroxylation is 1. The molecule has 4 aliphatic rings. The van der Waals surface area contributed by atoms with E-state index in [1.54, 1.807) is 6.07 Å². The molecular formula is C51H69N9O10S. The van der Waals surface area contributed by atoms with Gasteiger partial charge in [-0.05, 0) is 92.8 Å². The van der Waals surface area contributed by atoms with Crippen LogP contribution >= 0.6 is 11.8 Å². The molecule has 0 radical (unpaired) electrons. The van der Waals surface area contributed by atoms with Crippen molar-refractivity contribution >= 4 is 53.0 Å². The minimum absolute atomic E-state index is 0.0293. The molecule has 2 aromatic heterocycles. The summed E-state index contributed by atoms with van der Waals surface area (Å²) in [6.45, 7) is 8.73. The van der Waals surface area contributed by atoms with Crippen LogP contribution in [0.2, 0.25) is 0 Å². The number of unbranched alkanes of at least 4 members (excludes halogenated alkanes) is 1. The van der Waals surface area contributed by atoms with Crippen molar-refractivity contribution in [1.82, 2.24) is 41.9 Å². The number of benzene rings is 1. The van der Waals surface area contributed by atoms with Crippen molar-refractivity contribution in [3.05, 3.63) is 65.5 Å². The number of hydrogen-bond acceptors (Lipinski definition) is 12. The quantitative estimate of drug-likeness (QED) is 0.0258. The average Bonchev–Trinajstić information content (AvgIpc) is 4.06. The van der Waals surface area contributed by atoms with Crippen LogP contribution in [0.3, 0.4) is 0 Å². The summed E-state index contributed by atoms with van der Waals surface area (Å²) in [6, 6.07) is 7.88. The number of thioether (sulfide) groups is 1. The van der Waals surface area contributed by atoms with E-state index in [4.69, 9.17) is 23.9 Å². The predicted molar refractivity (Wildman–Crippen MR) is 270 cm³/mol. The lowest BCUT2D eigenvalue weighted by Crippen LogP contribution is -2.36. The predicted octanol–water partition coefficient (Wildman–Crippen LogP) is 4.10. The van der Waals surface area contributed by atoms with Crippen molar-refractivity contribution in [1.29, 1.82) is 0 Å². The van der Waals surface area contributed by atoms with Gasteiger partial charge in [-0.15, -0.1) is 0 Å². The maximum atomic E-state index is 12.7. The lowest BCUT2D eigenvalue weighted by Gasteiger charge is -2.19. The molecule has 2 saturated heterocycles. The van der Waals surface area contributed by atoms with E-state index in [1.165, 1.54) is 6.08 Å². The second-order valence-electron chi connectivity index (χ2n) is 18.0. The first-order chi connectivity index (χ1) is 34.7. The fourth-order valence-corrected chi connectivity index (χ4v) is 10.7. The van der Waals surface area contributed by atoms with Gasteiger partial charge >= 0.3 is 6.03 Å². The number of amides is 7. The Morgan fingerprint density at radius 1 is 0.775 bits per heavy atom. The van der Waals surface area contributed by atoms with Gasteiger partial charge in [0.15, 0.2) is 0 Å². The van der Waals surface area contributed by atoms with E-state index < -0.39 is 0 Å². The van der Waals surface area contributed by atoms with Crippen LogP contribution in [0.15, 0.2) is 43.1 Å². The number of urea groups is 1. The largest absolute Gasteiger partial charge is 0.491 e. The molecule has 2 fully saturated rings. The summed E-state index contributed by atoms with van der Waals surface area (Å²) in [4.78, 5) is 81.7. The molecule has 3 atom stereocenters. The molecule has 71 heavy (non-hydrogen) atoms. The second kappa shape index (κ2) is 27.6. The zero-order valence-electron chi connectivity index (χ0n) is 40.5. The molecule has 7 rings (SSSR count). The monoisotopic (exact) mass is 999 g/mol. The van der Waals surface area contributed by atoms with Gasteiger partial charge in [0.25, 0.3) is 5.91 Å². The number of anilines is 1. The lowest BCUT2D eigenvalue weighted by atomic mass is 9.88. The van der Waals surface area contributed by atoms with Crippen molar-refractivity contribution in [2.75, 3.05) is 83.5 Å². The Balaban J connectivity index is 0.661. The summed E-state index contributed by atoms with van der Waals surface area (Å²) in [5, 5.41) is 20.9. The van der Waals surface area contributed by atoms with E-state index in [2.05, 4.69) is 48.8 Å². The number of nitrogens with one attached hydrogen (secondary N) is 8. The van der Waals surface area contributed by atoms with Gasteiger partial charge < -0.3 is 61.1 Å². The molecule has 1 aromatic carbocycles. The number of rotatable bonds is 31. The molecule has 19 nitrogen and oxygen atoms in total. The minimum Gasteiger partial charge on any atom is -0.491 e. The SMILES string of the molecule is C=CC(=O)Nc1cc(-c2cc3c(cn2)CCc2c-3[nH]c3c2C(=O)NCC3)ccc1OCCCNC(=O)CCCC(=O)NCCCOCCOCCOCCCNC(=O)CCCCC1SCC2NC(=O)NC21. The van der Waals surface area contributed by atoms with Gasteiger partial charge in [0, 0.05) is 99.1 Å². The number of ether oxygens (including phenoxy) is 4. The number of nitrogens with zero attached hydrogens (tertiary/aromatic N) is 1. The third-order valence-electron chi connectivity index (χ3n) is 12.8. The van der Waals surface area contributed by atoms with Crippen LogP contribution in [0.4, 0.5) is 10.5 Å². The van der Waals surface area contributed by atoms with Crippen LogP contribution in [-0.4, -0.2) is 141 Å². The van der Waals surface area contributed by atoms with E-state index in [1.807, 2.05) is 36.2 Å². The zero-order chi connectivity index (χ0) is 49.8. The molecule has 0 saturated carbocycles. The van der Waals surface area contributed by atoms with Crippen LogP contribution in [-0.2, 0) is 52.7 Å². The van der Waals surface area contributed by atoms with Gasteiger partial charge in [0.2, 0.25) is 23.6 Å². The normalized spacial score (nSPS) is 17.4. The van der Waals surface area contributed by atoms with Crippen LogP contribution in [0.1, 0.15) is 91.4 Å². The summed E-state index contributed by atoms with van der Waals surface area (Å²) in [5.41, 5.74) is 7.81. The Kier molecular flexibility index (Phi) is 20.5. The maximum absolute atomic E-state index is 12.7. The van der Waals surface area contributed by atoms with Crippen molar-refractivity contribution in [2.45, 2.75) is 101 Å². The number of aromatic amines is 1. The second-order valence-corrected chi connectivity index (χ2v) is 19.3. The number of carbonyl (C=O) groups excluding carboxylic acids is 6. The summed E-state index contributed by atoms with van der Waals surface area (Å²) in [7, 11) is 0. The third kappa shape index (κ3) is 15.8. The Morgan fingerprint density at radius 3 is 2.15 bits per heavy atom. The van der Waals surface area contributed by atoms with Gasteiger partial charge in [-0.3, -0.25) is 29.0 Å². The smallest absolute Gasteiger partial charge is 0.315 e. The fraction of sp³-hybridized carbons (Fsp3) is 0.549. The molecule has 0 bridgehead atoms. The van der Waals surface area contributed by atoms with Crippen LogP contribution < -0.4 is 42.0 Å². The van der Waals surface area contributed by atoms with E-state index in [-0.39, 0.29) is 67.1 Å². The Labute approximate surface area is 419 Å². The molecule has 3 unspecified atom stereocenters. The lowest BCUT2D eigenvalue weighted by molar-refractivity contribution is -0.123. The van der Waals surface area contributed by atoms with Gasteiger partial charge in [-0.25, -0.2) is 4.79 Å². The van der Waals surface area contributed by atoms with Crippen LogP contribution in [0.5, 0.6) is 5.75 Å². The molecular weight excluding hydrogens is 931 g/mol. The molecule has 3 aliphatic heterocycles. The van der Waals surface area contributed by atoms with E-state index in [0.29, 0.717) is 114 Å². The first-order valence-electron chi connectivity index (χ1n) is 25.1. The number of fused-ring (bicyclic) bond motifs is 6. The number of hydrogen-bond donors (Lipinski definition) is 8. The highest BCUT2D eigenvalue weighted by molar-refractivity contribution is 8.00. The van der Waals surface area contributed by atoms with Gasteiger partial charge in [-0.1, -0.05) is 13.0 Å². The summed E-state index contributed by atoms with van der Waals surface area (Å²) in [6.07, 6.45) is 11.5. The van der Waals surface area contributed by atoms with Crippen molar-refractivity contribution in [3.63, 3.8) is 0 Å². The minimum atomic E-state index is -0.388. The van der Waals surface area contributed by atoms with Crippen LogP contribution in [0, 0.1) is 0 Å². The standard InChI is InChI=1S/C51H69N9O10S/c1-2-43(61)57-39-29-33(38-30-36-34(31-56-38)13-15-35-47-37(58-48(35)36)17-21-55-50(47)65)14-16-41(39)70-24-8-20-54-46(64)12-5-11-45(63)53-19-7-23-68-26-28-69-27-25-67-22-6-18-52-44(62)10-4-3-9-42-49-40(32-71-42)59-51(66)60-49/h2,14,16,29-31,40,42,49,58H,1,3-13,15,17-28,32H2,(H,52,62)(H,53,63)(H,54,64)(H,55,65)(H,57,61)(H2,59,60,66). The molecule has 1 aliphatic carbocycles. The molecule has 384 valence electrons. The number of aromatic nitrogens is 2. The highest BCUT2D eigenvalue weighted by Crippen LogP contribution is 2.40. The van der Waals surface area contributed by atoms with Gasteiger partial charge in [0.1, 0.15) is 5.75 Å². The van der Waals surface area contributed by atoms with Crippen molar-refractivity contribution in [2.24, 2.45) is 0 Å². The molecule has 7 amide bonds. The first kappa shape index (κ1) is 52.9. The number of carbonyl (C=O) groups is 6. The Hall–Kier alpha value is -5.96. The molecule has 5 heterocycles. The van der Waals surface area contributed by atoms with E-state index >= 15 is 0 Å². The highest BCUT2D eigenvalue weighted by atomic mass is 32.2. The zero-order valence-corrected chi connectivity index (χ0v) is 41.3.